The first-order valence-electron chi connectivity index (χ1n) is 9.29. The lowest BCUT2D eigenvalue weighted by Gasteiger charge is -2.20. The third-order valence-electron chi connectivity index (χ3n) is 4.28. The summed E-state index contributed by atoms with van der Waals surface area (Å²) < 4.78 is 83.5. The van der Waals surface area contributed by atoms with E-state index in [-0.39, 0.29) is 45.8 Å². The molecule has 3 N–H and O–H groups in total. The Bertz CT molecular complexity index is 1250. The molecule has 0 spiro atoms. The molecule has 2 aromatic rings. The second-order valence-electron chi connectivity index (χ2n) is 6.31. The van der Waals surface area contributed by atoms with Crippen molar-refractivity contribution in [3.05, 3.63) is 42.5 Å². The van der Waals surface area contributed by atoms with Crippen molar-refractivity contribution in [3.8, 4) is 5.75 Å². The van der Waals surface area contributed by atoms with E-state index < -0.39 is 30.1 Å². The molecule has 0 bridgehead atoms. The molecule has 0 atom stereocenters. The second-order valence-corrected chi connectivity index (χ2v) is 11.5. The van der Waals surface area contributed by atoms with Crippen molar-refractivity contribution < 1.29 is 30.0 Å². The maximum Gasteiger partial charge on any atom is 0.262 e. The van der Waals surface area contributed by atoms with Gasteiger partial charge in [0.1, 0.15) is 5.75 Å². The van der Waals surface area contributed by atoms with E-state index in [1.165, 1.54) is 34.6 Å². The second kappa shape index (κ2) is 9.53. The van der Waals surface area contributed by atoms with E-state index in [0.29, 0.717) is 0 Å². The Hall–Kier alpha value is -2.19. The Morgan fingerprint density at radius 2 is 1.48 bits per heavy atom. The Morgan fingerprint density at radius 1 is 0.871 bits per heavy atom. The number of sulfonamides is 3. The molecule has 0 unspecified atom stereocenters. The third kappa shape index (κ3) is 5.74. The third-order valence-corrected chi connectivity index (χ3v) is 8.60. The van der Waals surface area contributed by atoms with Gasteiger partial charge in [-0.2, -0.15) is 4.31 Å². The quantitative estimate of drug-likeness (QED) is 0.511. The summed E-state index contributed by atoms with van der Waals surface area (Å²) in [6.07, 6.45) is 0. The molecule has 13 heteroatoms. The molecule has 0 aliphatic rings. The number of primary sulfonamides is 1. The molecule has 2 aromatic carbocycles. The molecule has 0 saturated carbocycles. The van der Waals surface area contributed by atoms with Crippen molar-refractivity contribution in [1.82, 2.24) is 4.31 Å². The van der Waals surface area contributed by atoms with Gasteiger partial charge >= 0.3 is 0 Å². The van der Waals surface area contributed by atoms with Gasteiger partial charge in [0.25, 0.3) is 10.0 Å². The van der Waals surface area contributed by atoms with Crippen LogP contribution in [0.1, 0.15) is 20.8 Å². The van der Waals surface area contributed by atoms with Gasteiger partial charge in [-0.05, 0) is 43.3 Å². The van der Waals surface area contributed by atoms with Crippen LogP contribution in [0.5, 0.6) is 5.75 Å². The summed E-state index contributed by atoms with van der Waals surface area (Å²) in [5.41, 5.74) is -0.101. The number of rotatable bonds is 10. The molecular formula is C18H25N3O7S3. The maximum absolute atomic E-state index is 12.9. The Labute approximate surface area is 183 Å². The van der Waals surface area contributed by atoms with E-state index in [9.17, 15) is 25.3 Å². The number of anilines is 1. The van der Waals surface area contributed by atoms with Crippen LogP contribution in [0.4, 0.5) is 5.69 Å². The van der Waals surface area contributed by atoms with E-state index in [4.69, 9.17) is 9.88 Å². The summed E-state index contributed by atoms with van der Waals surface area (Å²) in [4.78, 5) is -0.854. The monoisotopic (exact) mass is 491 g/mol. The SMILES string of the molecule is CCOc1ccc(S(=O)(=O)N(CC)CC)cc1NS(=O)(=O)c1cccc(S(N)(=O)=O)c1. The number of nitrogens with two attached hydrogens (primary N) is 1. The fourth-order valence-corrected chi connectivity index (χ4v) is 5.99. The van der Waals surface area contributed by atoms with E-state index in [0.717, 1.165) is 12.1 Å². The number of nitrogens with one attached hydrogen (secondary N) is 1. The smallest absolute Gasteiger partial charge is 0.262 e. The first kappa shape index (κ1) is 25.1. The van der Waals surface area contributed by atoms with E-state index in [2.05, 4.69) is 4.72 Å². The lowest BCUT2D eigenvalue weighted by Crippen LogP contribution is -2.30. The van der Waals surface area contributed by atoms with Gasteiger partial charge in [-0.25, -0.2) is 30.4 Å². The molecule has 0 radical (unpaired) electrons. The highest BCUT2D eigenvalue weighted by Gasteiger charge is 2.25. The Kier molecular flexibility index (Phi) is 7.70. The van der Waals surface area contributed by atoms with Crippen molar-refractivity contribution in [2.45, 2.75) is 35.5 Å². The predicted molar refractivity (Wildman–Crippen MR) is 116 cm³/mol. The van der Waals surface area contributed by atoms with E-state index >= 15 is 0 Å². The fraction of sp³-hybridized carbons (Fsp3) is 0.333. The van der Waals surface area contributed by atoms with E-state index in [1.807, 2.05) is 0 Å². The van der Waals surface area contributed by atoms with Gasteiger partial charge < -0.3 is 4.74 Å². The Balaban J connectivity index is 2.56. The zero-order chi connectivity index (χ0) is 23.4. The molecule has 0 amide bonds. The molecule has 31 heavy (non-hydrogen) atoms. The van der Waals surface area contributed by atoms with Crippen molar-refractivity contribution in [2.24, 2.45) is 5.14 Å². The molecule has 0 aliphatic heterocycles. The summed E-state index contributed by atoms with van der Waals surface area (Å²) in [5.74, 6) is 0.118. The minimum Gasteiger partial charge on any atom is -0.492 e. The average molecular weight is 492 g/mol. The standard InChI is InChI=1S/C18H25N3O7S3/c1-4-21(5-2)31(26,27)16-10-11-18(28-6-3)17(13-16)20-30(24,25)15-9-7-8-14(12-15)29(19,22)23/h7-13,20H,4-6H2,1-3H3,(H2,19,22,23). The highest BCUT2D eigenvalue weighted by molar-refractivity contribution is 7.93. The van der Waals surface area contributed by atoms with Gasteiger partial charge in [0.05, 0.1) is 27.0 Å². The van der Waals surface area contributed by atoms with Gasteiger partial charge in [-0.3, -0.25) is 4.72 Å². The van der Waals surface area contributed by atoms with E-state index in [1.54, 1.807) is 20.8 Å². The Morgan fingerprint density at radius 3 is 2.03 bits per heavy atom. The van der Waals surface area contributed by atoms with Gasteiger partial charge in [0, 0.05) is 13.1 Å². The predicted octanol–water partition coefficient (Wildman–Crippen LogP) is 1.56. The first-order chi connectivity index (χ1) is 14.4. The van der Waals surface area contributed by atoms with Gasteiger partial charge in [-0.1, -0.05) is 19.9 Å². The lowest BCUT2D eigenvalue weighted by molar-refractivity contribution is 0.341. The molecule has 0 aromatic heterocycles. The summed E-state index contributed by atoms with van der Waals surface area (Å²) >= 11 is 0. The van der Waals surface area contributed by atoms with Crippen LogP contribution in [0.15, 0.2) is 57.2 Å². The van der Waals surface area contributed by atoms with Gasteiger partial charge in [-0.15, -0.1) is 0 Å². The average Bonchev–Trinajstić information content (AvgIpc) is 2.69. The van der Waals surface area contributed by atoms with Crippen LogP contribution in [0.25, 0.3) is 0 Å². The minimum atomic E-state index is -4.29. The highest BCUT2D eigenvalue weighted by atomic mass is 32.2. The summed E-state index contributed by atoms with van der Waals surface area (Å²) in [7, 11) is -12.3. The molecule has 0 heterocycles. The van der Waals surface area contributed by atoms with Crippen LogP contribution in [0.2, 0.25) is 0 Å². The molecule has 0 aliphatic carbocycles. The zero-order valence-corrected chi connectivity index (χ0v) is 19.7. The molecule has 172 valence electrons. The zero-order valence-electron chi connectivity index (χ0n) is 17.3. The van der Waals surface area contributed by atoms with Crippen LogP contribution in [-0.2, 0) is 30.1 Å². The molecule has 10 nitrogen and oxygen atoms in total. The van der Waals surface area contributed by atoms with Crippen LogP contribution >= 0.6 is 0 Å². The maximum atomic E-state index is 12.9. The van der Waals surface area contributed by atoms with Gasteiger partial charge in [0.2, 0.25) is 20.0 Å². The van der Waals surface area contributed by atoms with Crippen LogP contribution < -0.4 is 14.6 Å². The number of hydrogen-bond donors (Lipinski definition) is 2. The van der Waals surface area contributed by atoms with Crippen LogP contribution in [0, 0.1) is 0 Å². The van der Waals surface area contributed by atoms with Crippen molar-refractivity contribution >= 4 is 35.8 Å². The number of nitrogens with zero attached hydrogens (tertiary/aromatic N) is 1. The number of benzene rings is 2. The van der Waals surface area contributed by atoms with Crippen molar-refractivity contribution in [1.29, 1.82) is 0 Å². The van der Waals surface area contributed by atoms with Crippen LogP contribution in [-0.4, -0.2) is 49.3 Å². The summed E-state index contributed by atoms with van der Waals surface area (Å²) in [6.45, 7) is 5.77. The first-order valence-corrected chi connectivity index (χ1v) is 13.8. The normalized spacial score (nSPS) is 12.7. The molecule has 0 saturated heterocycles. The fourth-order valence-electron chi connectivity index (χ4n) is 2.77. The lowest BCUT2D eigenvalue weighted by atomic mass is 10.3. The van der Waals surface area contributed by atoms with Crippen molar-refractivity contribution in [2.75, 3.05) is 24.4 Å². The highest BCUT2D eigenvalue weighted by Crippen LogP contribution is 2.31. The largest absolute Gasteiger partial charge is 0.492 e. The summed E-state index contributed by atoms with van der Waals surface area (Å²) in [6, 6.07) is 8.36. The molecule has 2 rings (SSSR count). The summed E-state index contributed by atoms with van der Waals surface area (Å²) in [5, 5.41) is 5.07. The minimum absolute atomic E-state index is 0.101. The van der Waals surface area contributed by atoms with Crippen LogP contribution in [0.3, 0.4) is 0 Å². The number of hydrogen-bond acceptors (Lipinski definition) is 7. The van der Waals surface area contributed by atoms with Gasteiger partial charge in [0.15, 0.2) is 0 Å². The van der Waals surface area contributed by atoms with Crippen molar-refractivity contribution in [3.63, 3.8) is 0 Å². The number of ether oxygens (including phenoxy) is 1. The topological polar surface area (TPSA) is 153 Å². The molecular weight excluding hydrogens is 466 g/mol. The molecule has 0 fully saturated rings.